The van der Waals surface area contributed by atoms with Gasteiger partial charge >= 0.3 is 8.25 Å². The summed E-state index contributed by atoms with van der Waals surface area (Å²) in [6, 6.07) is 0. The Bertz CT molecular complexity index is 164. The molecule has 2 heterocycles. The van der Waals surface area contributed by atoms with Gasteiger partial charge in [-0.25, -0.2) is 0 Å². The molecule has 0 saturated carbocycles. The van der Waals surface area contributed by atoms with E-state index in [-0.39, 0.29) is 0 Å². The largest absolute Gasteiger partial charge is 0.735 e. The van der Waals surface area contributed by atoms with Crippen LogP contribution in [0.5, 0.6) is 0 Å². The minimum Gasteiger partial charge on any atom is -0.136 e. The van der Waals surface area contributed by atoms with Crippen LogP contribution in [0.2, 0.25) is 0 Å². The molecule has 0 N–H and O–H groups in total. The molecule has 68 valence electrons. The van der Waals surface area contributed by atoms with Gasteiger partial charge in [0.05, 0.1) is 0 Å². The molecule has 0 amide bonds. The van der Waals surface area contributed by atoms with E-state index in [9.17, 15) is 4.57 Å². The van der Waals surface area contributed by atoms with Crippen molar-refractivity contribution in [2.45, 2.75) is 12.8 Å². The maximum absolute atomic E-state index is 11.1. The molecule has 0 atom stereocenters. The predicted octanol–water partition coefficient (Wildman–Crippen LogP) is 0.918. The molecule has 2 saturated heterocycles. The summed E-state index contributed by atoms with van der Waals surface area (Å²) in [5.74, 6) is 0. The van der Waals surface area contributed by atoms with Crippen LogP contribution in [0.3, 0.4) is 0 Å². The minimum absolute atomic E-state index is 0.866. The van der Waals surface area contributed by atoms with Gasteiger partial charge in [-0.05, 0) is 22.1 Å². The lowest BCUT2D eigenvalue weighted by Crippen LogP contribution is -2.38. The maximum atomic E-state index is 11.1. The van der Waals surface area contributed by atoms with Crippen molar-refractivity contribution in [2.24, 2.45) is 0 Å². The summed E-state index contributed by atoms with van der Waals surface area (Å²) in [6.45, 7) is 3.46. The van der Waals surface area contributed by atoms with Crippen LogP contribution in [-0.2, 0) is 13.8 Å². The van der Waals surface area contributed by atoms with E-state index in [4.69, 9.17) is 9.25 Å². The average molecular weight is 191 g/mol. The first-order chi connectivity index (χ1) is 5.84. The van der Waals surface area contributed by atoms with Crippen LogP contribution in [0.25, 0.3) is 0 Å². The molecule has 2 fully saturated rings. The first-order valence-corrected chi connectivity index (χ1v) is 5.27. The summed E-state index contributed by atoms with van der Waals surface area (Å²) >= 11 is 0. The van der Waals surface area contributed by atoms with Crippen molar-refractivity contribution in [3.05, 3.63) is 0 Å². The van der Waals surface area contributed by atoms with Gasteiger partial charge in [0, 0.05) is 30.7 Å². The van der Waals surface area contributed by atoms with E-state index in [1.165, 1.54) is 0 Å². The van der Waals surface area contributed by atoms with E-state index in [2.05, 4.69) is 0 Å². The van der Waals surface area contributed by atoms with Crippen LogP contribution in [0.1, 0.15) is 12.8 Å². The van der Waals surface area contributed by atoms with Gasteiger partial charge in [-0.15, -0.1) is 10.1 Å². The Morgan fingerprint density at radius 2 is 1.33 bits per heavy atom. The Morgan fingerprint density at radius 1 is 0.917 bits per heavy atom. The molecule has 6 heteroatoms. The molecule has 12 heavy (non-hydrogen) atoms. The third-order valence-electron chi connectivity index (χ3n) is 1.99. The van der Waals surface area contributed by atoms with Crippen LogP contribution in [0.15, 0.2) is 0 Å². The molecular formula is C6H12N2O3P+. The zero-order valence-electron chi connectivity index (χ0n) is 6.81. The van der Waals surface area contributed by atoms with Gasteiger partial charge in [-0.1, -0.05) is 0 Å². The number of hydroxylamine groups is 4. The quantitative estimate of drug-likeness (QED) is 0.618. The van der Waals surface area contributed by atoms with Crippen LogP contribution in [0.4, 0.5) is 0 Å². The highest BCUT2D eigenvalue weighted by Crippen LogP contribution is 2.31. The second-order valence-electron chi connectivity index (χ2n) is 2.95. The van der Waals surface area contributed by atoms with Crippen LogP contribution >= 0.6 is 8.25 Å². The van der Waals surface area contributed by atoms with Crippen molar-refractivity contribution in [1.29, 1.82) is 0 Å². The molecule has 0 radical (unpaired) electrons. The van der Waals surface area contributed by atoms with E-state index in [1.807, 2.05) is 0 Å². The fraction of sp³-hybridized carbons (Fsp3) is 1.00. The van der Waals surface area contributed by atoms with E-state index < -0.39 is 8.25 Å². The van der Waals surface area contributed by atoms with Crippen LogP contribution in [0, 0.1) is 0 Å². The molecule has 0 spiro atoms. The smallest absolute Gasteiger partial charge is 0.136 e. The fourth-order valence-corrected chi connectivity index (χ4v) is 1.67. The molecule has 2 rings (SSSR count). The SMILES string of the molecule is O=[P+](ON1CCC1)ON1CCC1. The van der Waals surface area contributed by atoms with Gasteiger partial charge in [0.25, 0.3) is 0 Å². The van der Waals surface area contributed by atoms with E-state index >= 15 is 0 Å². The molecular weight excluding hydrogens is 179 g/mol. The maximum Gasteiger partial charge on any atom is 0.735 e. The first-order valence-electron chi connectivity index (χ1n) is 4.18. The number of nitrogens with zero attached hydrogens (tertiary/aromatic N) is 2. The topological polar surface area (TPSA) is 42.0 Å². The molecule has 0 bridgehead atoms. The lowest BCUT2D eigenvalue weighted by atomic mass is 10.3. The van der Waals surface area contributed by atoms with E-state index in [1.54, 1.807) is 10.1 Å². The van der Waals surface area contributed by atoms with Gasteiger partial charge in [0.15, 0.2) is 0 Å². The highest BCUT2D eigenvalue weighted by Gasteiger charge is 2.34. The van der Waals surface area contributed by atoms with Crippen molar-refractivity contribution in [2.75, 3.05) is 26.2 Å². The summed E-state index contributed by atoms with van der Waals surface area (Å²) in [6.07, 6.45) is 2.24. The van der Waals surface area contributed by atoms with Gasteiger partial charge < -0.3 is 0 Å². The predicted molar refractivity (Wildman–Crippen MR) is 42.2 cm³/mol. The van der Waals surface area contributed by atoms with Crippen LogP contribution in [-0.4, -0.2) is 36.3 Å². The number of hydrogen-bond donors (Lipinski definition) is 0. The van der Waals surface area contributed by atoms with Crippen molar-refractivity contribution >= 4 is 8.25 Å². The lowest BCUT2D eigenvalue weighted by Gasteiger charge is -2.25. The monoisotopic (exact) mass is 191 g/mol. The first kappa shape index (κ1) is 8.53. The van der Waals surface area contributed by atoms with Crippen molar-refractivity contribution in [1.82, 2.24) is 10.1 Å². The third-order valence-corrected chi connectivity index (χ3v) is 2.72. The van der Waals surface area contributed by atoms with Gasteiger partial charge in [-0.2, -0.15) is 0 Å². The Hall–Kier alpha value is -0.0600. The van der Waals surface area contributed by atoms with Crippen LogP contribution < -0.4 is 0 Å². The molecule has 2 aliphatic heterocycles. The number of rotatable bonds is 4. The summed E-state index contributed by atoms with van der Waals surface area (Å²) in [4.78, 5) is 0. The second-order valence-corrected chi connectivity index (χ2v) is 3.73. The summed E-state index contributed by atoms with van der Waals surface area (Å²) < 4.78 is 21.0. The molecule has 0 aromatic carbocycles. The fourth-order valence-electron chi connectivity index (χ4n) is 0.941. The molecule has 0 unspecified atom stereocenters. The average Bonchev–Trinajstić information content (AvgIpc) is 1.89. The van der Waals surface area contributed by atoms with Gasteiger partial charge in [0.1, 0.15) is 0 Å². The molecule has 5 nitrogen and oxygen atoms in total. The van der Waals surface area contributed by atoms with E-state index in [0.29, 0.717) is 0 Å². The zero-order chi connectivity index (χ0) is 8.39. The van der Waals surface area contributed by atoms with E-state index in [0.717, 1.165) is 39.0 Å². The van der Waals surface area contributed by atoms with Crippen molar-refractivity contribution in [3.8, 4) is 0 Å². The molecule has 0 aromatic heterocycles. The Labute approximate surface area is 72.1 Å². The van der Waals surface area contributed by atoms with Gasteiger partial charge in [0.2, 0.25) is 0 Å². The molecule has 0 aromatic rings. The lowest BCUT2D eigenvalue weighted by molar-refractivity contribution is -0.156. The minimum atomic E-state index is -1.97. The van der Waals surface area contributed by atoms with Gasteiger partial charge in [-0.3, -0.25) is 0 Å². The molecule has 0 aliphatic carbocycles. The van der Waals surface area contributed by atoms with Crippen molar-refractivity contribution < 1.29 is 13.8 Å². The molecule has 2 aliphatic rings. The Kier molecular flexibility index (Phi) is 2.68. The third kappa shape index (κ3) is 2.00. The second kappa shape index (κ2) is 3.77. The normalized spacial score (nSPS) is 24.7. The zero-order valence-corrected chi connectivity index (χ0v) is 7.70. The number of hydrogen-bond acceptors (Lipinski definition) is 5. The Morgan fingerprint density at radius 3 is 1.58 bits per heavy atom. The Balaban J connectivity index is 1.62. The summed E-state index contributed by atoms with van der Waals surface area (Å²) in [7, 11) is -1.97. The highest BCUT2D eigenvalue weighted by molar-refractivity contribution is 7.33. The standard InChI is InChI=1S/C6H12N2O3P/c9-12(10-7-3-1-4-7)11-8-5-2-6-8/h1-6H2/q+1. The summed E-state index contributed by atoms with van der Waals surface area (Å²) in [5, 5.41) is 3.33. The summed E-state index contributed by atoms with van der Waals surface area (Å²) in [5.41, 5.74) is 0. The van der Waals surface area contributed by atoms with Crippen molar-refractivity contribution in [3.63, 3.8) is 0 Å². The highest BCUT2D eigenvalue weighted by atomic mass is 31.1.